The lowest BCUT2D eigenvalue weighted by Gasteiger charge is -2.20. The van der Waals surface area contributed by atoms with Gasteiger partial charge in [0.25, 0.3) is 5.91 Å². The van der Waals surface area contributed by atoms with Crippen molar-refractivity contribution in [3.8, 4) is 11.1 Å². The normalized spacial score (nSPS) is 14.5. The van der Waals surface area contributed by atoms with Crippen molar-refractivity contribution < 1.29 is 22.4 Å². The van der Waals surface area contributed by atoms with Crippen LogP contribution < -0.4 is 10.1 Å². The number of rotatable bonds is 8. The summed E-state index contributed by atoms with van der Waals surface area (Å²) in [6.45, 7) is 5.35. The second-order valence-electron chi connectivity index (χ2n) is 10.5. The Hall–Kier alpha value is -3.73. The van der Waals surface area contributed by atoms with E-state index in [2.05, 4.69) is 10.4 Å². The topological polar surface area (TPSA) is 75.7 Å². The monoisotopic (exact) mass is 571 g/mol. The lowest BCUT2D eigenvalue weighted by atomic mass is 9.97. The smallest absolute Gasteiger partial charge is 0.345 e. The van der Waals surface area contributed by atoms with Gasteiger partial charge in [0.2, 0.25) is 0 Å². The van der Waals surface area contributed by atoms with Crippen molar-refractivity contribution in [3.05, 3.63) is 92.7 Å². The number of thiazole rings is 1. The Labute approximate surface area is 232 Å². The molecular weight excluding hydrogens is 542 g/mol. The van der Waals surface area contributed by atoms with Gasteiger partial charge in [0.1, 0.15) is 5.82 Å². The molecule has 0 radical (unpaired) electrons. The summed E-state index contributed by atoms with van der Waals surface area (Å²) in [6, 6.07) is 8.82. The average molecular weight is 572 g/mol. The summed E-state index contributed by atoms with van der Waals surface area (Å²) < 4.78 is 58.9. The van der Waals surface area contributed by atoms with E-state index in [0.29, 0.717) is 11.1 Å². The molecule has 0 bridgehead atoms. The Morgan fingerprint density at radius 2 is 1.95 bits per heavy atom. The highest BCUT2D eigenvalue weighted by Crippen LogP contribution is 2.42. The van der Waals surface area contributed by atoms with Crippen LogP contribution in [-0.4, -0.2) is 20.3 Å². The predicted octanol–water partition coefficient (Wildman–Crippen LogP) is 6.87. The maximum Gasteiger partial charge on any atom is 0.435 e. The van der Waals surface area contributed by atoms with Crippen molar-refractivity contribution >= 4 is 17.2 Å². The van der Waals surface area contributed by atoms with Gasteiger partial charge in [0, 0.05) is 41.5 Å². The molecule has 1 aliphatic carbocycles. The molecule has 4 aromatic rings. The molecule has 0 aliphatic heterocycles. The minimum Gasteiger partial charge on any atom is -0.345 e. The summed E-state index contributed by atoms with van der Waals surface area (Å²) in [7, 11) is 0. The van der Waals surface area contributed by atoms with Crippen LogP contribution in [0.2, 0.25) is 0 Å². The van der Waals surface area contributed by atoms with Gasteiger partial charge in [-0.15, -0.1) is 11.3 Å². The van der Waals surface area contributed by atoms with Crippen molar-refractivity contribution in [2.24, 2.45) is 5.92 Å². The number of hydrogen-bond acceptors (Lipinski definition) is 4. The highest BCUT2D eigenvalue weighted by molar-refractivity contribution is 7.06. The molecule has 210 valence electrons. The number of benzene rings is 2. The number of nitrogens with zero attached hydrogens (tertiary/aromatic N) is 3. The van der Waals surface area contributed by atoms with Crippen LogP contribution in [0.3, 0.4) is 0 Å². The molecule has 1 fully saturated rings. The third-order valence-electron chi connectivity index (χ3n) is 7.05. The zero-order valence-corrected chi connectivity index (χ0v) is 23.0. The van der Waals surface area contributed by atoms with Crippen molar-refractivity contribution in [2.45, 2.75) is 58.4 Å². The largest absolute Gasteiger partial charge is 0.435 e. The third kappa shape index (κ3) is 5.89. The molecule has 1 saturated carbocycles. The molecular formula is C29H29F4N5OS. The molecule has 1 atom stereocenters. The van der Waals surface area contributed by atoms with Crippen molar-refractivity contribution in [2.75, 3.05) is 0 Å². The zero-order valence-electron chi connectivity index (χ0n) is 22.2. The molecule has 2 aromatic heterocycles. The van der Waals surface area contributed by atoms with Crippen LogP contribution >= 0.6 is 11.3 Å². The molecule has 40 heavy (non-hydrogen) atoms. The second-order valence-corrected chi connectivity index (χ2v) is 11.4. The van der Waals surface area contributed by atoms with Gasteiger partial charge in [-0.1, -0.05) is 12.1 Å². The number of nitrogens with one attached hydrogen (secondary N) is 2. The third-order valence-corrected chi connectivity index (χ3v) is 7.77. The number of carbonyl (C=O) groups excluding carboxylic acids is 1. The fourth-order valence-corrected chi connectivity index (χ4v) is 5.36. The van der Waals surface area contributed by atoms with Crippen LogP contribution in [-0.2, 0) is 12.7 Å². The molecule has 2 N–H and O–H groups in total. The molecule has 0 saturated heterocycles. The van der Waals surface area contributed by atoms with Crippen LogP contribution in [0, 0.1) is 24.1 Å². The van der Waals surface area contributed by atoms with E-state index in [9.17, 15) is 22.4 Å². The van der Waals surface area contributed by atoms with Crippen molar-refractivity contribution in [1.82, 2.24) is 19.7 Å². The molecule has 5 rings (SSSR count). The average Bonchev–Trinajstić information content (AvgIpc) is 3.48. The summed E-state index contributed by atoms with van der Waals surface area (Å²) in [4.78, 5) is 13.9. The first-order valence-corrected chi connectivity index (χ1v) is 13.8. The fourth-order valence-electron chi connectivity index (χ4n) is 4.76. The molecule has 6 nitrogen and oxygen atoms in total. The quantitative estimate of drug-likeness (QED) is 0.227. The van der Waals surface area contributed by atoms with Crippen molar-refractivity contribution in [1.29, 1.82) is 5.41 Å². The second kappa shape index (κ2) is 10.7. The Morgan fingerprint density at radius 1 is 1.20 bits per heavy atom. The van der Waals surface area contributed by atoms with Crippen LogP contribution in [0.4, 0.5) is 17.6 Å². The summed E-state index contributed by atoms with van der Waals surface area (Å²) in [5.74, 6) is -0.568. The van der Waals surface area contributed by atoms with E-state index in [1.54, 1.807) is 61.2 Å². The van der Waals surface area contributed by atoms with Crippen LogP contribution in [0.5, 0.6) is 0 Å². The molecule has 11 heteroatoms. The molecule has 1 aliphatic rings. The van der Waals surface area contributed by atoms with Gasteiger partial charge in [-0.3, -0.25) is 14.9 Å². The lowest BCUT2D eigenvalue weighted by molar-refractivity contribution is -0.141. The number of amides is 1. The maximum absolute atomic E-state index is 14.0. The van der Waals surface area contributed by atoms with Crippen LogP contribution in [0.1, 0.15) is 71.5 Å². The number of hydrogen-bond donors (Lipinski definition) is 2. The van der Waals surface area contributed by atoms with E-state index in [1.807, 2.05) is 0 Å². The van der Waals surface area contributed by atoms with E-state index >= 15 is 0 Å². The van der Waals surface area contributed by atoms with Gasteiger partial charge in [-0.25, -0.2) is 4.39 Å². The SMILES string of the molecule is Cc1cc(C(NC(=O)c2cc(Cn3ccsc3=N)cc(-c3cn(C(C)C)nc3C(F)(F)F)c2)C2CC2)ccc1F. The highest BCUT2D eigenvalue weighted by Gasteiger charge is 2.38. The highest BCUT2D eigenvalue weighted by atomic mass is 32.1. The molecule has 2 heterocycles. The van der Waals surface area contributed by atoms with E-state index in [4.69, 9.17) is 5.41 Å². The number of halogens is 4. The molecule has 0 spiro atoms. The number of aryl methyl sites for hydroxylation is 1. The Balaban J connectivity index is 1.57. The maximum atomic E-state index is 14.0. The Kier molecular flexibility index (Phi) is 7.43. The van der Waals surface area contributed by atoms with Gasteiger partial charge in [0.15, 0.2) is 10.5 Å². The standard InChI is InChI=1S/C29H29F4N5OS/c1-16(2)38-15-23(26(36-38)29(31,32)33)21-11-18(14-37-8-9-40-28(37)34)12-22(13-21)27(39)35-25(19-4-5-19)20-6-7-24(30)17(3)10-20/h6-13,15-16,19,25,34H,4-5,14H2,1-3H3,(H,35,39). The first kappa shape index (κ1) is 27.8. The number of alkyl halides is 3. The van der Waals surface area contributed by atoms with E-state index in [0.717, 1.165) is 18.4 Å². The predicted molar refractivity (Wildman–Crippen MR) is 144 cm³/mol. The Morgan fingerprint density at radius 3 is 2.55 bits per heavy atom. The van der Waals surface area contributed by atoms with Gasteiger partial charge >= 0.3 is 6.18 Å². The van der Waals surface area contributed by atoms with Gasteiger partial charge in [0.05, 0.1) is 6.04 Å². The summed E-state index contributed by atoms with van der Waals surface area (Å²) in [5.41, 5.74) is 1.11. The first-order valence-electron chi connectivity index (χ1n) is 13.0. The van der Waals surface area contributed by atoms with Gasteiger partial charge in [-0.05, 0) is 86.1 Å². The lowest BCUT2D eigenvalue weighted by Crippen LogP contribution is -2.30. The minimum atomic E-state index is -4.69. The molecule has 2 aromatic carbocycles. The van der Waals surface area contributed by atoms with Gasteiger partial charge < -0.3 is 9.88 Å². The number of aromatic nitrogens is 3. The Bertz CT molecular complexity index is 1610. The summed E-state index contributed by atoms with van der Waals surface area (Å²) in [5, 5.41) is 16.7. The van der Waals surface area contributed by atoms with Gasteiger partial charge in [-0.2, -0.15) is 18.3 Å². The van der Waals surface area contributed by atoms with Crippen molar-refractivity contribution in [3.63, 3.8) is 0 Å². The number of carbonyl (C=O) groups is 1. The van der Waals surface area contributed by atoms with E-state index in [-0.39, 0.29) is 51.9 Å². The van der Waals surface area contributed by atoms with Crippen LogP contribution in [0.15, 0.2) is 54.2 Å². The summed E-state index contributed by atoms with van der Waals surface area (Å²) >= 11 is 1.23. The molecule has 1 unspecified atom stereocenters. The minimum absolute atomic E-state index is 0.119. The fraction of sp³-hybridized carbons (Fsp3) is 0.345. The zero-order chi connectivity index (χ0) is 28.8. The van der Waals surface area contributed by atoms with Crippen LogP contribution in [0.25, 0.3) is 11.1 Å². The summed E-state index contributed by atoms with van der Waals surface area (Å²) in [6.07, 6.45) is 0.212. The first-order chi connectivity index (χ1) is 18.9. The molecule has 1 amide bonds. The van der Waals surface area contributed by atoms with E-state index in [1.165, 1.54) is 34.3 Å². The van der Waals surface area contributed by atoms with E-state index < -0.39 is 17.8 Å².